The van der Waals surface area contributed by atoms with Crippen LogP contribution in [0, 0.1) is 22.7 Å². The van der Waals surface area contributed by atoms with Gasteiger partial charge >= 0.3 is 60.5 Å². The maximum absolute atomic E-state index is 12.7. The van der Waals surface area contributed by atoms with Gasteiger partial charge in [0.05, 0.1) is 11.3 Å². The second-order valence-electron chi connectivity index (χ2n) is 14.9. The highest BCUT2D eigenvalue weighted by atomic mass is 35.5. The van der Waals surface area contributed by atoms with E-state index in [1.165, 1.54) is 18.0 Å². The highest BCUT2D eigenvalue weighted by Gasteiger charge is 2.40. The summed E-state index contributed by atoms with van der Waals surface area (Å²) in [5, 5.41) is 49.6. The van der Waals surface area contributed by atoms with Crippen molar-refractivity contribution in [1.82, 2.24) is 9.97 Å². The SMILES string of the molecule is N#Cc1c(N)nc(SCc2coc(-c3ccc(Cl)cc3)n2)c(C#N)c1-c1ccc(OC[C@@H](COC(=O)[C@@H](N)CCCN)OC(=O)[C@@H](N)CCCN)cc1.O=C(O)C(F)(F)F.O=C(O)C(F)(F)F.O=C(O)C(F)(F)F.O=C(O)C(F)(F)F. The first-order valence-electron chi connectivity index (χ1n) is 21.5. The Morgan fingerprint density at radius 2 is 1.07 bits per heavy atom. The molecular formula is C44H44ClF12N9O14S. The third-order valence-corrected chi connectivity index (χ3v) is 9.96. The van der Waals surface area contributed by atoms with Crippen LogP contribution >= 0.6 is 23.4 Å². The molecule has 3 atom stereocenters. The molecular weight excluding hydrogens is 1170 g/mol. The molecule has 37 heteroatoms. The number of nitrogen functional groups attached to an aromatic ring is 1. The van der Waals surface area contributed by atoms with E-state index >= 15 is 0 Å². The molecule has 14 N–H and O–H groups in total. The summed E-state index contributed by atoms with van der Waals surface area (Å²) in [4.78, 5) is 69.5. The first-order valence-corrected chi connectivity index (χ1v) is 22.9. The van der Waals surface area contributed by atoms with E-state index in [0.717, 1.165) is 5.56 Å². The van der Waals surface area contributed by atoms with Crippen LogP contribution in [-0.4, -0.2) is 135 Å². The molecule has 0 amide bonds. The van der Waals surface area contributed by atoms with Crippen molar-refractivity contribution in [2.75, 3.05) is 32.0 Å². The van der Waals surface area contributed by atoms with Gasteiger partial charge in [-0.3, -0.25) is 9.59 Å². The molecule has 0 aliphatic heterocycles. The molecule has 0 fully saturated rings. The van der Waals surface area contributed by atoms with Crippen LogP contribution in [0.15, 0.2) is 64.2 Å². The van der Waals surface area contributed by atoms with Gasteiger partial charge in [-0.25, -0.2) is 29.1 Å². The zero-order chi connectivity index (χ0) is 62.6. The van der Waals surface area contributed by atoms with Gasteiger partial charge in [0.1, 0.15) is 65.9 Å². The van der Waals surface area contributed by atoms with Crippen LogP contribution in [-0.2, 0) is 44.0 Å². The quantitative estimate of drug-likeness (QED) is 0.0288. The lowest BCUT2D eigenvalue weighted by atomic mass is 9.97. The number of aliphatic carboxylic acids is 4. The van der Waals surface area contributed by atoms with E-state index in [4.69, 9.17) is 98.5 Å². The van der Waals surface area contributed by atoms with Gasteiger partial charge in [0.25, 0.3) is 0 Å². The number of oxazole rings is 1. The third kappa shape index (κ3) is 28.0. The fourth-order valence-electron chi connectivity index (χ4n) is 4.90. The van der Waals surface area contributed by atoms with Gasteiger partial charge in [-0.1, -0.05) is 35.5 Å². The minimum Gasteiger partial charge on any atom is -0.490 e. The molecule has 0 saturated carbocycles. The van der Waals surface area contributed by atoms with Gasteiger partial charge in [-0.15, -0.1) is 0 Å². The van der Waals surface area contributed by atoms with Gasteiger partial charge in [-0.2, -0.15) is 63.2 Å². The Morgan fingerprint density at radius 1 is 0.654 bits per heavy atom. The van der Waals surface area contributed by atoms with Crippen molar-refractivity contribution in [1.29, 1.82) is 10.5 Å². The summed E-state index contributed by atoms with van der Waals surface area (Å²) < 4.78 is 149. The second kappa shape index (κ2) is 34.1. The lowest BCUT2D eigenvalue weighted by Gasteiger charge is -2.21. The molecule has 0 aliphatic carbocycles. The maximum Gasteiger partial charge on any atom is 0.490 e. The number of nitrogens with zero attached hydrogens (tertiary/aromatic N) is 4. The summed E-state index contributed by atoms with van der Waals surface area (Å²) in [6, 6.07) is 16.0. The number of hydrogen-bond acceptors (Lipinski definition) is 20. The van der Waals surface area contributed by atoms with Crippen molar-refractivity contribution < 1.29 is 121 Å². The number of nitriles is 2. The molecule has 2 heterocycles. The number of hydrogen-bond donors (Lipinski definition) is 9. The van der Waals surface area contributed by atoms with Crippen LogP contribution in [0.1, 0.15) is 42.5 Å². The van der Waals surface area contributed by atoms with E-state index in [2.05, 4.69) is 22.1 Å². The number of rotatable bonds is 19. The summed E-state index contributed by atoms with van der Waals surface area (Å²) in [6.07, 6.45) is -18.1. The van der Waals surface area contributed by atoms with Crippen LogP contribution in [0.25, 0.3) is 22.6 Å². The molecule has 0 aliphatic rings. The molecule has 4 aromatic rings. The van der Waals surface area contributed by atoms with Crippen molar-refractivity contribution in [2.24, 2.45) is 22.9 Å². The van der Waals surface area contributed by atoms with Crippen LogP contribution in [0.4, 0.5) is 58.5 Å². The standard InChI is InChI=1S/C36H40ClN9O6S.4C2HF3O2/c37-23-9-5-22(6-10-23)33-45-24(17-50-33)20-53-34-28(16-41)31(27(15-40)32(44)46-34)21-7-11-25(12-8-21)49-18-26(52-36(48)30(43)4-2-14-39)19-51-35(47)29(42)3-1-13-38;4*3-2(4,5)1(6)7/h5-12,17,26,29-30H,1-4,13-14,18-20,38-39,42-43H2,(H2,44,46);4*(H,6,7)/t26-,29-,30-;;;;/m0..../s1. The lowest BCUT2D eigenvalue weighted by molar-refractivity contribution is -0.193. The van der Waals surface area contributed by atoms with Crippen molar-refractivity contribution in [3.63, 3.8) is 0 Å². The molecule has 4 rings (SSSR count). The van der Waals surface area contributed by atoms with Crippen LogP contribution in [0.2, 0.25) is 5.02 Å². The van der Waals surface area contributed by atoms with Gasteiger partial charge in [-0.05, 0) is 80.7 Å². The van der Waals surface area contributed by atoms with Gasteiger partial charge in [0, 0.05) is 21.9 Å². The van der Waals surface area contributed by atoms with Crippen molar-refractivity contribution in [3.05, 3.63) is 76.6 Å². The summed E-state index contributed by atoms with van der Waals surface area (Å²) in [6.45, 7) is 0.204. The zero-order valence-electron chi connectivity index (χ0n) is 40.7. The molecule has 0 saturated heterocycles. The minimum atomic E-state index is -5.08. The summed E-state index contributed by atoms with van der Waals surface area (Å²) in [5.74, 6) is -11.4. The molecule has 23 nitrogen and oxygen atoms in total. The van der Waals surface area contributed by atoms with E-state index in [0.29, 0.717) is 83.0 Å². The zero-order valence-corrected chi connectivity index (χ0v) is 42.2. The fraction of sp³-hybridized carbons (Fsp3) is 0.364. The number of carbonyl (C=O) groups excluding carboxylic acids is 2. The molecule has 81 heavy (non-hydrogen) atoms. The lowest BCUT2D eigenvalue weighted by Crippen LogP contribution is -2.40. The van der Waals surface area contributed by atoms with Crippen LogP contribution in [0.3, 0.4) is 0 Å². The average molecular weight is 1220 g/mol. The number of thioether (sulfide) groups is 1. The van der Waals surface area contributed by atoms with Crippen molar-refractivity contribution in [2.45, 2.75) is 79.4 Å². The largest absolute Gasteiger partial charge is 0.490 e. The number of anilines is 1. The number of aromatic nitrogens is 2. The predicted molar refractivity (Wildman–Crippen MR) is 254 cm³/mol. The number of carbonyl (C=O) groups is 6. The Balaban J connectivity index is 0.00000186. The molecule has 2 aromatic carbocycles. The van der Waals surface area contributed by atoms with E-state index in [1.54, 1.807) is 48.5 Å². The predicted octanol–water partition coefficient (Wildman–Crippen LogP) is 6.17. The first kappa shape index (κ1) is 72.8. The first-order chi connectivity index (χ1) is 37.3. The maximum atomic E-state index is 12.7. The normalized spacial score (nSPS) is 12.1. The van der Waals surface area contributed by atoms with E-state index in [-0.39, 0.29) is 30.2 Å². The number of carboxylic acid groups (broad SMARTS) is 4. The average Bonchev–Trinajstić information content (AvgIpc) is 3.86. The molecule has 446 valence electrons. The van der Waals surface area contributed by atoms with Crippen LogP contribution in [0.5, 0.6) is 5.75 Å². The van der Waals surface area contributed by atoms with Crippen molar-refractivity contribution >= 4 is 65.0 Å². The Labute approximate surface area is 456 Å². The second-order valence-corrected chi connectivity index (χ2v) is 16.3. The third-order valence-electron chi connectivity index (χ3n) is 8.70. The Bertz CT molecular complexity index is 2700. The highest BCUT2D eigenvalue weighted by Crippen LogP contribution is 2.37. The van der Waals surface area contributed by atoms with E-state index < -0.39 is 78.7 Å². The molecule has 0 unspecified atom stereocenters. The fourth-order valence-corrected chi connectivity index (χ4v) is 5.90. The Morgan fingerprint density at radius 3 is 1.48 bits per heavy atom. The molecule has 2 aromatic heterocycles. The van der Waals surface area contributed by atoms with E-state index in [9.17, 15) is 72.8 Å². The Kier molecular flexibility index (Phi) is 30.7. The number of carboxylic acids is 4. The van der Waals surface area contributed by atoms with E-state index in [1.807, 2.05) is 0 Å². The summed E-state index contributed by atoms with van der Waals surface area (Å²) in [5.41, 5.74) is 31.4. The van der Waals surface area contributed by atoms with Gasteiger partial charge in [0.15, 0.2) is 6.10 Å². The minimum absolute atomic E-state index is 0.0375. The number of pyridine rings is 1. The number of ether oxygens (including phenoxy) is 3. The smallest absolute Gasteiger partial charge is 0.490 e. The van der Waals surface area contributed by atoms with Gasteiger partial charge < -0.3 is 67.7 Å². The molecule has 0 radical (unpaired) electrons. The highest BCUT2D eigenvalue weighted by molar-refractivity contribution is 7.98. The topological polar surface area (TPSA) is 428 Å². The number of benzene rings is 2. The van der Waals surface area contributed by atoms with Crippen molar-refractivity contribution in [3.8, 4) is 40.5 Å². The molecule has 0 spiro atoms. The monoisotopic (exact) mass is 1220 g/mol. The van der Waals surface area contributed by atoms with Crippen LogP contribution < -0.4 is 33.4 Å². The summed E-state index contributed by atoms with van der Waals surface area (Å²) >= 11 is 7.20. The molecule has 0 bridgehead atoms. The Hall–Kier alpha value is -8.16. The van der Waals surface area contributed by atoms with Gasteiger partial charge in [0.2, 0.25) is 5.89 Å². The summed E-state index contributed by atoms with van der Waals surface area (Å²) in [7, 11) is 0. The number of esters is 2. The number of nitrogens with two attached hydrogens (primary N) is 5. The number of halogens is 13. The number of alkyl halides is 12.